The summed E-state index contributed by atoms with van der Waals surface area (Å²) in [6.07, 6.45) is 42.1. The summed E-state index contributed by atoms with van der Waals surface area (Å²) in [7, 11) is 0. The molecule has 1 aliphatic rings. The SMILES string of the molecule is CC/C=C\C/C=C\C/C=C\C/C=C\C/C=C\CCCC(=O)OC1C(OCC(COC(=O)CCCCCCCCCCCCC)OC(=O)CCCCCCCCCCCCC)OC(C(=O)O)C(O)C1O. The molecule has 0 spiro atoms. The van der Waals surface area contributed by atoms with Gasteiger partial charge >= 0.3 is 23.9 Å². The Morgan fingerprint density at radius 3 is 1.38 bits per heavy atom. The van der Waals surface area contributed by atoms with Crippen LogP contribution in [0.2, 0.25) is 0 Å². The molecule has 12 nitrogen and oxygen atoms in total. The number of ether oxygens (including phenoxy) is 5. The van der Waals surface area contributed by atoms with E-state index in [1.165, 1.54) is 89.9 Å². The monoisotopic (exact) mass is 973 g/mol. The van der Waals surface area contributed by atoms with E-state index in [9.17, 15) is 34.5 Å². The van der Waals surface area contributed by atoms with Crippen LogP contribution in [-0.4, -0.2) is 89.2 Å². The number of hydrogen-bond acceptors (Lipinski definition) is 11. The summed E-state index contributed by atoms with van der Waals surface area (Å²) >= 11 is 0. The van der Waals surface area contributed by atoms with Crippen molar-refractivity contribution in [2.24, 2.45) is 0 Å². The molecule has 0 aromatic rings. The minimum absolute atomic E-state index is 0.0168. The number of carboxylic acids is 1. The van der Waals surface area contributed by atoms with Crippen molar-refractivity contribution in [2.45, 2.75) is 263 Å². The molecule has 1 heterocycles. The highest BCUT2D eigenvalue weighted by atomic mass is 16.7. The van der Waals surface area contributed by atoms with Gasteiger partial charge in [-0.25, -0.2) is 4.79 Å². The summed E-state index contributed by atoms with van der Waals surface area (Å²) in [6, 6.07) is 0. The van der Waals surface area contributed by atoms with Crippen LogP contribution in [0.5, 0.6) is 0 Å². The molecule has 396 valence electrons. The quantitative estimate of drug-likeness (QED) is 0.0228. The summed E-state index contributed by atoms with van der Waals surface area (Å²) in [5.74, 6) is -3.19. The number of unbranched alkanes of at least 4 members (excludes halogenated alkanes) is 21. The molecule has 1 fully saturated rings. The summed E-state index contributed by atoms with van der Waals surface area (Å²) in [6.45, 7) is 5.82. The van der Waals surface area contributed by atoms with Gasteiger partial charge in [-0.05, 0) is 57.8 Å². The van der Waals surface area contributed by atoms with E-state index in [1.54, 1.807) is 0 Å². The predicted octanol–water partition coefficient (Wildman–Crippen LogP) is 13.2. The number of aliphatic hydroxyl groups excluding tert-OH is 2. The standard InChI is InChI=1S/C57H96O12/c1-4-7-10-13-16-19-22-23-24-25-26-27-30-33-36-39-42-45-51(60)68-55-53(62)52(61)54(56(63)64)69-57(55)66-47-48(67-50(59)44-41-38-35-32-29-21-18-15-12-9-6-3)46-65-49(58)43-40-37-34-31-28-20-17-14-11-8-5-2/h7,10,16,19,23-24,26-27,33,36,48,52-55,57,61-62H,4-6,8-9,11-15,17-18,20-22,25,28-32,34-35,37-47H2,1-3H3,(H,63,64)/b10-7-,19-16-,24-23-,27-26-,36-33-. The molecule has 6 unspecified atom stereocenters. The average molecular weight is 973 g/mol. The minimum atomic E-state index is -1.92. The van der Waals surface area contributed by atoms with Crippen LogP contribution < -0.4 is 0 Å². The van der Waals surface area contributed by atoms with Crippen LogP contribution in [0.4, 0.5) is 0 Å². The Bertz CT molecular complexity index is 1440. The van der Waals surface area contributed by atoms with Crippen LogP contribution in [0.3, 0.4) is 0 Å². The van der Waals surface area contributed by atoms with Gasteiger partial charge in [-0.1, -0.05) is 210 Å². The fourth-order valence-electron chi connectivity index (χ4n) is 7.93. The molecule has 1 aliphatic heterocycles. The van der Waals surface area contributed by atoms with Crippen molar-refractivity contribution in [2.75, 3.05) is 13.2 Å². The first-order chi connectivity index (χ1) is 33.6. The van der Waals surface area contributed by atoms with Crippen molar-refractivity contribution in [3.05, 3.63) is 60.8 Å². The van der Waals surface area contributed by atoms with Gasteiger partial charge in [0.1, 0.15) is 18.8 Å². The molecule has 12 heteroatoms. The second kappa shape index (κ2) is 45.6. The Hall–Kier alpha value is -3.58. The maximum absolute atomic E-state index is 13.1. The zero-order chi connectivity index (χ0) is 50.4. The lowest BCUT2D eigenvalue weighted by Gasteiger charge is -2.40. The second-order valence-corrected chi connectivity index (χ2v) is 18.5. The van der Waals surface area contributed by atoms with Crippen molar-refractivity contribution < 1.29 is 58.2 Å². The normalized spacial score (nSPS) is 19.1. The van der Waals surface area contributed by atoms with Gasteiger partial charge in [0.05, 0.1) is 6.61 Å². The molecule has 0 aliphatic carbocycles. The van der Waals surface area contributed by atoms with Gasteiger partial charge in [-0.3, -0.25) is 14.4 Å². The van der Waals surface area contributed by atoms with Gasteiger partial charge in [0.2, 0.25) is 0 Å². The van der Waals surface area contributed by atoms with E-state index in [0.717, 1.165) is 70.6 Å². The maximum atomic E-state index is 13.1. The number of carbonyl (C=O) groups is 4. The zero-order valence-electron chi connectivity index (χ0n) is 43.3. The molecule has 0 amide bonds. The summed E-state index contributed by atoms with van der Waals surface area (Å²) < 4.78 is 28.2. The highest BCUT2D eigenvalue weighted by Crippen LogP contribution is 2.26. The van der Waals surface area contributed by atoms with Gasteiger partial charge < -0.3 is 39.0 Å². The van der Waals surface area contributed by atoms with Crippen LogP contribution in [0, 0.1) is 0 Å². The number of allylic oxidation sites excluding steroid dienone is 10. The number of aliphatic carboxylic acids is 1. The lowest BCUT2D eigenvalue weighted by atomic mass is 9.98. The number of hydrogen-bond donors (Lipinski definition) is 3. The molecule has 3 N–H and O–H groups in total. The van der Waals surface area contributed by atoms with E-state index < -0.39 is 67.3 Å². The first kappa shape index (κ1) is 63.4. The first-order valence-corrected chi connectivity index (χ1v) is 27.3. The summed E-state index contributed by atoms with van der Waals surface area (Å²) in [5.41, 5.74) is 0. The number of carboxylic acid groups (broad SMARTS) is 1. The fraction of sp³-hybridized carbons (Fsp3) is 0.754. The van der Waals surface area contributed by atoms with Crippen molar-refractivity contribution in [3.8, 4) is 0 Å². The van der Waals surface area contributed by atoms with Crippen LogP contribution in [0.25, 0.3) is 0 Å². The number of esters is 3. The molecule has 0 saturated carbocycles. The molecule has 0 aromatic heterocycles. The van der Waals surface area contributed by atoms with E-state index in [2.05, 4.69) is 69.4 Å². The Morgan fingerprint density at radius 2 is 0.913 bits per heavy atom. The first-order valence-electron chi connectivity index (χ1n) is 27.3. The number of aliphatic hydroxyl groups is 2. The molecule has 1 rings (SSSR count). The molecule has 1 saturated heterocycles. The summed E-state index contributed by atoms with van der Waals surface area (Å²) in [4.78, 5) is 50.8. The van der Waals surface area contributed by atoms with E-state index in [4.69, 9.17) is 23.7 Å². The highest BCUT2D eigenvalue weighted by Gasteiger charge is 2.50. The highest BCUT2D eigenvalue weighted by molar-refractivity contribution is 5.74. The van der Waals surface area contributed by atoms with Crippen LogP contribution in [0.15, 0.2) is 60.8 Å². The van der Waals surface area contributed by atoms with Crippen LogP contribution in [-0.2, 0) is 42.9 Å². The van der Waals surface area contributed by atoms with E-state index in [-0.39, 0.29) is 25.9 Å². The number of carbonyl (C=O) groups excluding carboxylic acids is 3. The van der Waals surface area contributed by atoms with Crippen molar-refractivity contribution in [3.63, 3.8) is 0 Å². The van der Waals surface area contributed by atoms with Gasteiger partial charge in [-0.2, -0.15) is 0 Å². The van der Waals surface area contributed by atoms with Crippen molar-refractivity contribution in [1.82, 2.24) is 0 Å². The van der Waals surface area contributed by atoms with Gasteiger partial charge in [0.25, 0.3) is 0 Å². The molecule has 6 atom stereocenters. The van der Waals surface area contributed by atoms with E-state index >= 15 is 0 Å². The smallest absolute Gasteiger partial charge is 0.335 e. The average Bonchev–Trinajstić information content (AvgIpc) is 3.33. The largest absolute Gasteiger partial charge is 0.479 e. The minimum Gasteiger partial charge on any atom is -0.479 e. The fourth-order valence-corrected chi connectivity index (χ4v) is 7.93. The third-order valence-electron chi connectivity index (χ3n) is 12.1. The summed E-state index contributed by atoms with van der Waals surface area (Å²) in [5, 5.41) is 31.3. The van der Waals surface area contributed by atoms with Crippen LogP contribution in [0.1, 0.15) is 226 Å². The third kappa shape index (κ3) is 36.1. The van der Waals surface area contributed by atoms with Crippen molar-refractivity contribution >= 4 is 23.9 Å². The predicted molar refractivity (Wildman–Crippen MR) is 275 cm³/mol. The topological polar surface area (TPSA) is 175 Å². The Morgan fingerprint density at radius 1 is 0.493 bits per heavy atom. The van der Waals surface area contributed by atoms with Gasteiger partial charge in [0.15, 0.2) is 24.6 Å². The van der Waals surface area contributed by atoms with E-state index in [0.29, 0.717) is 25.7 Å². The van der Waals surface area contributed by atoms with Crippen LogP contribution >= 0.6 is 0 Å². The Balaban J connectivity index is 2.74. The second-order valence-electron chi connectivity index (χ2n) is 18.5. The van der Waals surface area contributed by atoms with Gasteiger partial charge in [0, 0.05) is 19.3 Å². The Kier molecular flexibility index (Phi) is 41.9. The molecule has 0 aromatic carbocycles. The lowest BCUT2D eigenvalue weighted by Crippen LogP contribution is -2.61. The third-order valence-corrected chi connectivity index (χ3v) is 12.1. The van der Waals surface area contributed by atoms with Crippen molar-refractivity contribution in [1.29, 1.82) is 0 Å². The number of rotatable bonds is 45. The molecular formula is C57H96O12. The van der Waals surface area contributed by atoms with E-state index in [1.807, 2.05) is 12.2 Å². The Labute approximate surface area is 417 Å². The molecule has 0 bridgehead atoms. The lowest BCUT2D eigenvalue weighted by molar-refractivity contribution is -0.301. The maximum Gasteiger partial charge on any atom is 0.335 e. The zero-order valence-corrected chi connectivity index (χ0v) is 43.3. The molecule has 69 heavy (non-hydrogen) atoms. The van der Waals surface area contributed by atoms with Gasteiger partial charge in [-0.15, -0.1) is 0 Å². The molecular weight excluding hydrogens is 877 g/mol. The molecule has 0 radical (unpaired) electrons.